The van der Waals surface area contributed by atoms with Gasteiger partial charge in [0, 0.05) is 11.6 Å². The number of methoxy groups -OCH3 is 1. The molecular weight excluding hydrogens is 445 g/mol. The van der Waals surface area contributed by atoms with Crippen LogP contribution in [0.1, 0.15) is 33.3 Å². The van der Waals surface area contributed by atoms with Crippen LogP contribution in [0.5, 0.6) is 5.75 Å². The monoisotopic (exact) mass is 463 g/mol. The number of carbonyl (C=O) groups is 1. The van der Waals surface area contributed by atoms with E-state index in [2.05, 4.69) is 0 Å². The molecule has 7 heteroatoms. The van der Waals surface area contributed by atoms with Crippen molar-refractivity contribution in [1.82, 2.24) is 4.90 Å². The van der Waals surface area contributed by atoms with E-state index in [1.165, 1.54) is 18.2 Å². The van der Waals surface area contributed by atoms with E-state index in [0.29, 0.717) is 34.5 Å². The van der Waals surface area contributed by atoms with Crippen LogP contribution in [0.15, 0.2) is 75.9 Å². The summed E-state index contributed by atoms with van der Waals surface area (Å²) in [4.78, 5) is 28.5. The molecule has 0 N–H and O–H groups in total. The van der Waals surface area contributed by atoms with Gasteiger partial charge in [-0.05, 0) is 60.0 Å². The molecule has 1 unspecified atom stereocenters. The van der Waals surface area contributed by atoms with Crippen LogP contribution in [0.3, 0.4) is 0 Å². The van der Waals surface area contributed by atoms with Crippen LogP contribution < -0.4 is 10.2 Å². The van der Waals surface area contributed by atoms with Gasteiger partial charge >= 0.3 is 0 Å². The minimum Gasteiger partial charge on any atom is -0.497 e. The zero-order valence-electron chi connectivity index (χ0n) is 17.7. The third-order valence-electron chi connectivity index (χ3n) is 5.91. The van der Waals surface area contributed by atoms with Crippen molar-refractivity contribution in [3.05, 3.63) is 110 Å². The third kappa shape index (κ3) is 3.76. The van der Waals surface area contributed by atoms with Crippen LogP contribution in [-0.2, 0) is 6.42 Å². The Morgan fingerprint density at radius 2 is 1.76 bits per heavy atom. The average Bonchev–Trinajstić information content (AvgIpc) is 3.11. The van der Waals surface area contributed by atoms with Crippen LogP contribution in [0, 0.1) is 5.82 Å². The van der Waals surface area contributed by atoms with Gasteiger partial charge in [-0.15, -0.1) is 0 Å². The van der Waals surface area contributed by atoms with Crippen molar-refractivity contribution in [2.75, 3.05) is 13.7 Å². The second-order valence-electron chi connectivity index (χ2n) is 7.87. The molecule has 5 nitrogen and oxygen atoms in total. The maximum Gasteiger partial charge on any atom is 0.290 e. The van der Waals surface area contributed by atoms with Gasteiger partial charge in [0.2, 0.25) is 5.76 Å². The molecule has 0 bridgehead atoms. The normalized spacial score (nSPS) is 15.2. The van der Waals surface area contributed by atoms with Crippen molar-refractivity contribution in [3.63, 3.8) is 0 Å². The number of halogens is 2. The van der Waals surface area contributed by atoms with Gasteiger partial charge in [-0.3, -0.25) is 9.59 Å². The first-order chi connectivity index (χ1) is 16.0. The Morgan fingerprint density at radius 1 is 1.03 bits per heavy atom. The minimum absolute atomic E-state index is 0.0129. The highest BCUT2D eigenvalue weighted by Gasteiger charge is 2.42. The third-order valence-corrected chi connectivity index (χ3v) is 6.15. The second kappa shape index (κ2) is 8.37. The van der Waals surface area contributed by atoms with Gasteiger partial charge in [0.15, 0.2) is 5.43 Å². The largest absolute Gasteiger partial charge is 0.497 e. The highest BCUT2D eigenvalue weighted by molar-refractivity contribution is 6.31. The van der Waals surface area contributed by atoms with Crippen molar-refractivity contribution in [3.8, 4) is 5.75 Å². The molecule has 166 valence electrons. The summed E-state index contributed by atoms with van der Waals surface area (Å²) in [5.41, 5.74) is 1.87. The zero-order valence-corrected chi connectivity index (χ0v) is 18.4. The van der Waals surface area contributed by atoms with Crippen LogP contribution in [0.2, 0.25) is 5.02 Å². The van der Waals surface area contributed by atoms with Gasteiger partial charge in [0.05, 0.1) is 24.1 Å². The summed E-state index contributed by atoms with van der Waals surface area (Å²) in [7, 11) is 1.60. The first-order valence-electron chi connectivity index (χ1n) is 10.4. The Balaban J connectivity index is 1.60. The van der Waals surface area contributed by atoms with Gasteiger partial charge in [0.1, 0.15) is 17.1 Å². The molecule has 4 aromatic rings. The maximum absolute atomic E-state index is 13.6. The number of nitrogens with zero attached hydrogens (tertiary/aromatic N) is 1. The lowest BCUT2D eigenvalue weighted by atomic mass is 9.98. The van der Waals surface area contributed by atoms with E-state index >= 15 is 0 Å². The van der Waals surface area contributed by atoms with E-state index in [9.17, 15) is 14.0 Å². The smallest absolute Gasteiger partial charge is 0.290 e. The molecule has 1 aliphatic rings. The van der Waals surface area contributed by atoms with Crippen LogP contribution in [0.25, 0.3) is 11.0 Å². The van der Waals surface area contributed by atoms with Crippen LogP contribution in [0.4, 0.5) is 4.39 Å². The number of hydrogen-bond acceptors (Lipinski definition) is 4. The lowest BCUT2D eigenvalue weighted by molar-refractivity contribution is 0.0730. The number of hydrogen-bond donors (Lipinski definition) is 0. The summed E-state index contributed by atoms with van der Waals surface area (Å²) in [5.74, 6) is -0.0150. The Bertz CT molecular complexity index is 1410. The van der Waals surface area contributed by atoms with E-state index in [0.717, 1.165) is 11.3 Å². The molecule has 0 saturated carbocycles. The average molecular weight is 464 g/mol. The van der Waals surface area contributed by atoms with Crippen LogP contribution >= 0.6 is 11.6 Å². The summed E-state index contributed by atoms with van der Waals surface area (Å²) in [6.07, 6.45) is 0.557. The fourth-order valence-electron chi connectivity index (χ4n) is 4.26. The number of fused-ring (bicyclic) bond motifs is 2. The molecule has 0 radical (unpaired) electrons. The molecule has 0 fully saturated rings. The molecule has 1 amide bonds. The number of ether oxygens (including phenoxy) is 1. The lowest BCUT2D eigenvalue weighted by Crippen LogP contribution is -2.31. The molecule has 0 spiro atoms. The summed E-state index contributed by atoms with van der Waals surface area (Å²) in [6.45, 7) is 0.341. The molecule has 0 aliphatic carbocycles. The molecule has 1 aromatic heterocycles. The number of benzene rings is 3. The maximum atomic E-state index is 13.6. The Labute approximate surface area is 194 Å². The Kier molecular flexibility index (Phi) is 5.38. The molecular formula is C26H19ClFNO4. The highest BCUT2D eigenvalue weighted by atomic mass is 35.5. The van der Waals surface area contributed by atoms with Crippen LogP contribution in [-0.4, -0.2) is 24.5 Å². The van der Waals surface area contributed by atoms with E-state index < -0.39 is 11.9 Å². The van der Waals surface area contributed by atoms with Gasteiger partial charge in [0.25, 0.3) is 5.91 Å². The summed E-state index contributed by atoms with van der Waals surface area (Å²) >= 11 is 6.10. The minimum atomic E-state index is -0.689. The quantitative estimate of drug-likeness (QED) is 0.398. The molecule has 0 saturated heterocycles. The molecule has 5 rings (SSSR count). The number of carbonyl (C=O) groups excluding carboxylic acids is 1. The first-order valence-corrected chi connectivity index (χ1v) is 10.8. The molecule has 33 heavy (non-hydrogen) atoms. The SMILES string of the molecule is COc1ccc(CCN2C(=O)c3oc4ccc(Cl)cc4c(=O)c3C2c2ccc(F)cc2)cc1. The highest BCUT2D eigenvalue weighted by Crippen LogP contribution is 2.38. The Hall–Kier alpha value is -3.64. The van der Waals surface area contributed by atoms with E-state index in [4.69, 9.17) is 20.8 Å². The predicted octanol–water partition coefficient (Wildman–Crippen LogP) is 5.38. The molecule has 1 aliphatic heterocycles. The standard InChI is InChI=1S/C26H19ClFNO4/c1-32-19-9-2-15(3-10-19)12-13-29-23(16-4-7-18(28)8-5-16)22-24(30)20-14-17(27)6-11-21(20)33-25(22)26(29)31/h2-11,14,23H,12-13H2,1H3. The molecule has 1 atom stereocenters. The molecule has 3 aromatic carbocycles. The van der Waals surface area contributed by atoms with Gasteiger partial charge in [-0.1, -0.05) is 35.9 Å². The Morgan fingerprint density at radius 3 is 2.45 bits per heavy atom. The topological polar surface area (TPSA) is 59.8 Å². The van der Waals surface area contributed by atoms with Crippen molar-refractivity contribution >= 4 is 28.5 Å². The van der Waals surface area contributed by atoms with Crippen molar-refractivity contribution in [2.45, 2.75) is 12.5 Å². The van der Waals surface area contributed by atoms with E-state index in [1.807, 2.05) is 24.3 Å². The van der Waals surface area contributed by atoms with Crippen molar-refractivity contribution in [2.24, 2.45) is 0 Å². The fourth-order valence-corrected chi connectivity index (χ4v) is 4.43. The summed E-state index contributed by atoms with van der Waals surface area (Å²) in [5, 5.41) is 0.701. The molecule has 2 heterocycles. The van der Waals surface area contributed by atoms with E-state index in [1.54, 1.807) is 36.3 Å². The zero-order chi connectivity index (χ0) is 23.1. The number of amides is 1. The number of rotatable bonds is 5. The predicted molar refractivity (Wildman–Crippen MR) is 123 cm³/mol. The van der Waals surface area contributed by atoms with Crippen molar-refractivity contribution in [1.29, 1.82) is 0 Å². The lowest BCUT2D eigenvalue weighted by Gasteiger charge is -2.25. The first kappa shape index (κ1) is 21.2. The summed E-state index contributed by atoms with van der Waals surface area (Å²) < 4.78 is 24.7. The fraction of sp³-hybridized carbons (Fsp3) is 0.154. The van der Waals surface area contributed by atoms with Crippen molar-refractivity contribution < 1.29 is 18.3 Å². The second-order valence-corrected chi connectivity index (χ2v) is 8.30. The van der Waals surface area contributed by atoms with Gasteiger partial charge in [-0.2, -0.15) is 0 Å². The van der Waals surface area contributed by atoms with E-state index in [-0.39, 0.29) is 22.7 Å². The summed E-state index contributed by atoms with van der Waals surface area (Å²) in [6, 6.07) is 17.4. The van der Waals surface area contributed by atoms with Gasteiger partial charge in [-0.25, -0.2) is 4.39 Å². The van der Waals surface area contributed by atoms with Gasteiger partial charge < -0.3 is 14.1 Å².